The molecule has 0 unspecified atom stereocenters. The van der Waals surface area contributed by atoms with Gasteiger partial charge in [-0.3, -0.25) is 19.2 Å². The number of carbonyl (C=O) groups is 4. The Bertz CT molecular complexity index is 1450. The average molecular weight is 563 g/mol. The number of unbranched alkanes of at least 4 members (excludes halogenated alkanes) is 1. The van der Waals surface area contributed by atoms with Crippen LogP contribution in [-0.2, 0) is 9.59 Å². The topological polar surface area (TPSA) is 116 Å². The highest BCUT2D eigenvalue weighted by Gasteiger charge is 2.11. The number of hydrogen-bond acceptors (Lipinski definition) is 4. The lowest BCUT2D eigenvalue weighted by Gasteiger charge is -2.12. The molecule has 4 N–H and O–H groups in total. The fourth-order valence-corrected chi connectivity index (χ4v) is 4.35. The van der Waals surface area contributed by atoms with Crippen molar-refractivity contribution in [3.05, 3.63) is 119 Å². The van der Waals surface area contributed by atoms with Gasteiger partial charge in [0, 0.05) is 46.7 Å². The molecule has 214 valence electrons. The highest BCUT2D eigenvalue weighted by molar-refractivity contribution is 6.05. The van der Waals surface area contributed by atoms with Crippen LogP contribution in [0.2, 0.25) is 0 Å². The SMILES string of the molecule is Cc1cc(NC(=O)CCCCC(=O)Nc2ccc(NC(=O)c3ccccc3)c(C)c2)ccc1NC(=O)c1ccccc1. The molecule has 8 heteroatoms. The molecular formula is C34H34N4O4. The zero-order chi connectivity index (χ0) is 29.9. The van der Waals surface area contributed by atoms with Gasteiger partial charge in [-0.2, -0.15) is 0 Å². The van der Waals surface area contributed by atoms with Crippen LogP contribution in [0, 0.1) is 13.8 Å². The number of benzene rings is 4. The van der Waals surface area contributed by atoms with Crippen LogP contribution in [0.25, 0.3) is 0 Å². The van der Waals surface area contributed by atoms with Gasteiger partial charge in [-0.05, 0) is 98.5 Å². The molecule has 4 rings (SSSR count). The summed E-state index contributed by atoms with van der Waals surface area (Å²) in [7, 11) is 0. The summed E-state index contributed by atoms with van der Waals surface area (Å²) in [6.45, 7) is 3.73. The molecule has 0 saturated heterocycles. The summed E-state index contributed by atoms with van der Waals surface area (Å²) in [5.41, 5.74) is 5.44. The first kappa shape index (κ1) is 29.7. The zero-order valence-electron chi connectivity index (χ0n) is 23.7. The van der Waals surface area contributed by atoms with Crippen molar-refractivity contribution in [3.63, 3.8) is 0 Å². The van der Waals surface area contributed by atoms with Crippen molar-refractivity contribution < 1.29 is 19.2 Å². The fourth-order valence-electron chi connectivity index (χ4n) is 4.35. The van der Waals surface area contributed by atoms with E-state index in [-0.39, 0.29) is 36.5 Å². The molecule has 0 bridgehead atoms. The average Bonchev–Trinajstić information content (AvgIpc) is 2.99. The van der Waals surface area contributed by atoms with E-state index >= 15 is 0 Å². The molecule has 0 aliphatic carbocycles. The van der Waals surface area contributed by atoms with Gasteiger partial charge in [-0.1, -0.05) is 36.4 Å². The number of anilines is 4. The quantitative estimate of drug-likeness (QED) is 0.148. The monoisotopic (exact) mass is 562 g/mol. The van der Waals surface area contributed by atoms with Crippen LogP contribution in [0.15, 0.2) is 97.1 Å². The molecule has 4 amide bonds. The van der Waals surface area contributed by atoms with Crippen LogP contribution in [0.3, 0.4) is 0 Å². The summed E-state index contributed by atoms with van der Waals surface area (Å²) in [6.07, 6.45) is 1.70. The van der Waals surface area contributed by atoms with Gasteiger partial charge >= 0.3 is 0 Å². The van der Waals surface area contributed by atoms with Crippen molar-refractivity contribution in [2.75, 3.05) is 21.3 Å². The number of amides is 4. The Hall–Kier alpha value is -5.24. The van der Waals surface area contributed by atoms with E-state index in [0.717, 1.165) is 11.1 Å². The first-order valence-electron chi connectivity index (χ1n) is 13.8. The number of hydrogen-bond donors (Lipinski definition) is 4. The van der Waals surface area contributed by atoms with E-state index in [2.05, 4.69) is 21.3 Å². The van der Waals surface area contributed by atoms with Gasteiger partial charge in [0.1, 0.15) is 0 Å². The summed E-state index contributed by atoms with van der Waals surface area (Å²) in [5, 5.41) is 11.5. The lowest BCUT2D eigenvalue weighted by atomic mass is 10.1. The standard InChI is InChI=1S/C34H34N4O4/c1-23-21-27(17-19-29(23)37-33(41)25-11-5-3-6-12-25)35-31(39)15-9-10-16-32(40)36-28-18-20-30(24(2)22-28)38-34(42)26-13-7-4-8-14-26/h3-8,11-14,17-22H,9-10,15-16H2,1-2H3,(H,35,39)(H,36,40)(H,37,41)(H,38,42). The lowest BCUT2D eigenvalue weighted by Crippen LogP contribution is -2.15. The molecule has 0 aromatic heterocycles. The zero-order valence-corrected chi connectivity index (χ0v) is 23.7. The van der Waals surface area contributed by atoms with Gasteiger partial charge in [-0.15, -0.1) is 0 Å². The number of nitrogens with one attached hydrogen (secondary N) is 4. The molecule has 0 aliphatic heterocycles. The predicted molar refractivity (Wildman–Crippen MR) is 167 cm³/mol. The third-order valence-electron chi connectivity index (χ3n) is 6.65. The first-order valence-corrected chi connectivity index (χ1v) is 13.8. The van der Waals surface area contributed by atoms with Crippen LogP contribution in [0.5, 0.6) is 0 Å². The van der Waals surface area contributed by atoms with E-state index in [1.54, 1.807) is 48.5 Å². The largest absolute Gasteiger partial charge is 0.326 e. The molecule has 0 aliphatic rings. The normalized spacial score (nSPS) is 10.4. The van der Waals surface area contributed by atoms with Crippen LogP contribution in [0.1, 0.15) is 57.5 Å². The predicted octanol–water partition coefficient (Wildman–Crippen LogP) is 6.95. The van der Waals surface area contributed by atoms with Crippen molar-refractivity contribution in [1.82, 2.24) is 0 Å². The first-order chi connectivity index (χ1) is 20.3. The smallest absolute Gasteiger partial charge is 0.255 e. The van der Waals surface area contributed by atoms with Crippen LogP contribution >= 0.6 is 0 Å². The molecule has 0 saturated carbocycles. The second-order valence-corrected chi connectivity index (χ2v) is 10.0. The Morgan fingerprint density at radius 1 is 0.500 bits per heavy atom. The Morgan fingerprint density at radius 3 is 1.24 bits per heavy atom. The summed E-state index contributed by atoms with van der Waals surface area (Å²) >= 11 is 0. The molecule has 0 radical (unpaired) electrons. The van der Waals surface area contributed by atoms with Crippen LogP contribution in [0.4, 0.5) is 22.7 Å². The van der Waals surface area contributed by atoms with E-state index in [1.807, 2.05) is 62.4 Å². The van der Waals surface area contributed by atoms with E-state index in [4.69, 9.17) is 0 Å². The summed E-state index contributed by atoms with van der Waals surface area (Å²) in [5.74, 6) is -0.669. The third-order valence-corrected chi connectivity index (χ3v) is 6.65. The minimum atomic E-state index is -0.195. The van der Waals surface area contributed by atoms with Gasteiger partial charge in [0.25, 0.3) is 11.8 Å². The minimum Gasteiger partial charge on any atom is -0.326 e. The van der Waals surface area contributed by atoms with Crippen molar-refractivity contribution >= 4 is 46.4 Å². The van der Waals surface area contributed by atoms with E-state index in [1.165, 1.54) is 0 Å². The van der Waals surface area contributed by atoms with E-state index in [9.17, 15) is 19.2 Å². The second kappa shape index (κ2) is 14.4. The fraction of sp³-hybridized carbons (Fsp3) is 0.176. The van der Waals surface area contributed by atoms with Crippen molar-refractivity contribution in [2.45, 2.75) is 39.5 Å². The Morgan fingerprint density at radius 2 is 0.881 bits per heavy atom. The molecule has 0 fully saturated rings. The molecule has 4 aromatic carbocycles. The molecule has 0 spiro atoms. The second-order valence-electron chi connectivity index (χ2n) is 10.0. The molecule has 0 atom stereocenters. The van der Waals surface area contributed by atoms with Crippen LogP contribution in [-0.4, -0.2) is 23.6 Å². The molecule has 0 heterocycles. The van der Waals surface area contributed by atoms with Gasteiger partial charge in [0.05, 0.1) is 0 Å². The highest BCUT2D eigenvalue weighted by atomic mass is 16.2. The number of aryl methyl sites for hydroxylation is 2. The Labute approximate surface area is 245 Å². The maximum Gasteiger partial charge on any atom is 0.255 e. The van der Waals surface area contributed by atoms with Crippen molar-refractivity contribution in [1.29, 1.82) is 0 Å². The lowest BCUT2D eigenvalue weighted by molar-refractivity contribution is -0.118. The van der Waals surface area contributed by atoms with E-state index < -0.39 is 0 Å². The van der Waals surface area contributed by atoms with Crippen molar-refractivity contribution in [3.8, 4) is 0 Å². The van der Waals surface area contributed by atoms with Gasteiger partial charge < -0.3 is 21.3 Å². The molecule has 42 heavy (non-hydrogen) atoms. The maximum absolute atomic E-state index is 12.4. The summed E-state index contributed by atoms with van der Waals surface area (Å²) in [6, 6.07) is 28.6. The minimum absolute atomic E-state index is 0.139. The van der Waals surface area contributed by atoms with Crippen molar-refractivity contribution in [2.24, 2.45) is 0 Å². The van der Waals surface area contributed by atoms with Gasteiger partial charge in [-0.25, -0.2) is 0 Å². The van der Waals surface area contributed by atoms with Gasteiger partial charge in [0.15, 0.2) is 0 Å². The molecule has 4 aromatic rings. The summed E-state index contributed by atoms with van der Waals surface area (Å²) < 4.78 is 0. The maximum atomic E-state index is 12.4. The summed E-state index contributed by atoms with van der Waals surface area (Å²) in [4.78, 5) is 49.7. The van der Waals surface area contributed by atoms with Gasteiger partial charge in [0.2, 0.25) is 11.8 Å². The van der Waals surface area contributed by atoms with E-state index in [0.29, 0.717) is 46.7 Å². The Kier molecular flexibility index (Phi) is 10.2. The highest BCUT2D eigenvalue weighted by Crippen LogP contribution is 2.22. The number of carbonyl (C=O) groups excluding carboxylic acids is 4. The molecule has 8 nitrogen and oxygen atoms in total. The van der Waals surface area contributed by atoms with Crippen LogP contribution < -0.4 is 21.3 Å². The third kappa shape index (κ3) is 8.63. The number of rotatable bonds is 11. The molecular weight excluding hydrogens is 528 g/mol. The Balaban J connectivity index is 1.17.